The lowest BCUT2D eigenvalue weighted by Gasteiger charge is -2.20. The second-order valence-electron chi connectivity index (χ2n) is 5.14. The molecule has 0 amide bonds. The van der Waals surface area contributed by atoms with Gasteiger partial charge in [-0.25, -0.2) is 0 Å². The maximum atomic E-state index is 11.4. The molecule has 3 atom stereocenters. The van der Waals surface area contributed by atoms with E-state index in [1.807, 2.05) is 19.1 Å². The van der Waals surface area contributed by atoms with Crippen LogP contribution in [-0.4, -0.2) is 22.7 Å². The van der Waals surface area contributed by atoms with Crippen LogP contribution in [0.1, 0.15) is 24.3 Å². The molecule has 0 spiro atoms. The van der Waals surface area contributed by atoms with E-state index in [2.05, 4.69) is 9.97 Å². The second-order valence-corrected chi connectivity index (χ2v) is 5.61. The van der Waals surface area contributed by atoms with Crippen LogP contribution in [0, 0.1) is 5.92 Å². The highest BCUT2D eigenvalue weighted by atomic mass is 35.5. The van der Waals surface area contributed by atoms with Gasteiger partial charge < -0.3 is 14.7 Å². The average molecular weight is 295 g/mol. The Balaban J connectivity index is 2.02. The van der Waals surface area contributed by atoms with Gasteiger partial charge in [-0.05, 0) is 31.0 Å². The quantitative estimate of drug-likeness (QED) is 0.656. The number of alkyl halides is 1. The molecule has 1 saturated heterocycles. The third kappa shape index (κ3) is 2.27. The van der Waals surface area contributed by atoms with Gasteiger partial charge in [0.15, 0.2) is 0 Å². The van der Waals surface area contributed by atoms with Gasteiger partial charge >= 0.3 is 11.1 Å². The maximum absolute atomic E-state index is 11.4. The molecule has 106 valence electrons. The Morgan fingerprint density at radius 2 is 1.95 bits per heavy atom. The number of benzene rings is 1. The molecule has 2 heterocycles. The van der Waals surface area contributed by atoms with Gasteiger partial charge in [-0.2, -0.15) is 0 Å². The van der Waals surface area contributed by atoms with Crippen molar-refractivity contribution in [3.8, 4) is 0 Å². The number of aromatic amines is 2. The number of halogens is 1. The van der Waals surface area contributed by atoms with Gasteiger partial charge in [-0.1, -0.05) is 6.07 Å². The minimum Gasteiger partial charge on any atom is -0.378 e. The highest BCUT2D eigenvalue weighted by molar-refractivity contribution is 6.21. The molecule has 1 aromatic carbocycles. The monoisotopic (exact) mass is 294 g/mol. The van der Waals surface area contributed by atoms with E-state index in [1.165, 1.54) is 0 Å². The fourth-order valence-electron chi connectivity index (χ4n) is 2.68. The topological polar surface area (TPSA) is 75.0 Å². The number of ether oxygens (including phenoxy) is 1. The fourth-order valence-corrected chi connectivity index (χ4v) is 3.15. The number of aromatic nitrogens is 2. The van der Waals surface area contributed by atoms with E-state index in [1.54, 1.807) is 6.07 Å². The highest BCUT2D eigenvalue weighted by Crippen LogP contribution is 2.38. The summed E-state index contributed by atoms with van der Waals surface area (Å²) in [4.78, 5) is 27.7. The summed E-state index contributed by atoms with van der Waals surface area (Å²) in [6.45, 7) is 2.75. The van der Waals surface area contributed by atoms with Crippen molar-refractivity contribution >= 4 is 22.6 Å². The highest BCUT2D eigenvalue weighted by Gasteiger charge is 2.31. The van der Waals surface area contributed by atoms with Crippen LogP contribution in [0.25, 0.3) is 11.0 Å². The van der Waals surface area contributed by atoms with Crippen LogP contribution >= 0.6 is 11.6 Å². The molecule has 0 radical (unpaired) electrons. The van der Waals surface area contributed by atoms with Gasteiger partial charge in [0.1, 0.15) is 0 Å². The van der Waals surface area contributed by atoms with Crippen molar-refractivity contribution in [3.05, 3.63) is 44.5 Å². The molecular formula is C14H15ClN2O3. The standard InChI is InChI=1S/C14H15ClN2O3/c1-7-9(4-5-20-7)12(15)8-2-3-10-11(6-8)17-14(19)13(18)16-10/h2-3,6-7,9,12H,4-5H2,1H3,(H,16,18)(H,17,19). The van der Waals surface area contributed by atoms with Crippen molar-refractivity contribution in [1.82, 2.24) is 9.97 Å². The Hall–Kier alpha value is -1.59. The molecule has 6 heteroatoms. The summed E-state index contributed by atoms with van der Waals surface area (Å²) in [5, 5.41) is -0.174. The van der Waals surface area contributed by atoms with Crippen molar-refractivity contribution in [2.24, 2.45) is 5.92 Å². The largest absolute Gasteiger partial charge is 0.378 e. The van der Waals surface area contributed by atoms with Crippen LogP contribution in [-0.2, 0) is 4.74 Å². The molecule has 1 aliphatic rings. The van der Waals surface area contributed by atoms with Crippen molar-refractivity contribution in [2.75, 3.05) is 6.61 Å². The number of hydrogen-bond acceptors (Lipinski definition) is 3. The molecule has 1 fully saturated rings. The molecule has 20 heavy (non-hydrogen) atoms. The van der Waals surface area contributed by atoms with Crippen LogP contribution in [0.2, 0.25) is 0 Å². The number of hydrogen-bond donors (Lipinski definition) is 2. The van der Waals surface area contributed by atoms with Crippen LogP contribution in [0.4, 0.5) is 0 Å². The van der Waals surface area contributed by atoms with E-state index in [9.17, 15) is 9.59 Å². The number of H-pyrrole nitrogens is 2. The summed E-state index contributed by atoms with van der Waals surface area (Å²) in [5.74, 6) is 0.253. The minimum absolute atomic E-state index is 0.128. The lowest BCUT2D eigenvalue weighted by Crippen LogP contribution is -2.29. The Kier molecular flexibility index (Phi) is 3.40. The first kappa shape index (κ1) is 13.4. The van der Waals surface area contributed by atoms with E-state index in [0.717, 1.165) is 18.6 Å². The molecule has 2 N–H and O–H groups in total. The number of fused-ring (bicyclic) bond motifs is 1. The van der Waals surface area contributed by atoms with Gasteiger partial charge in [0.2, 0.25) is 0 Å². The first-order chi connectivity index (χ1) is 9.56. The van der Waals surface area contributed by atoms with Gasteiger partial charge in [-0.3, -0.25) is 9.59 Å². The molecule has 3 unspecified atom stereocenters. The molecule has 3 rings (SSSR count). The summed E-state index contributed by atoms with van der Waals surface area (Å²) >= 11 is 6.53. The van der Waals surface area contributed by atoms with Crippen LogP contribution in [0.3, 0.4) is 0 Å². The molecule has 0 bridgehead atoms. The number of nitrogens with one attached hydrogen (secondary N) is 2. The Morgan fingerprint density at radius 1 is 1.25 bits per heavy atom. The molecule has 0 aliphatic carbocycles. The lowest BCUT2D eigenvalue weighted by atomic mass is 9.93. The third-order valence-electron chi connectivity index (χ3n) is 3.88. The van der Waals surface area contributed by atoms with Crippen LogP contribution in [0.5, 0.6) is 0 Å². The Morgan fingerprint density at radius 3 is 2.60 bits per heavy atom. The van der Waals surface area contributed by atoms with Crippen LogP contribution < -0.4 is 11.1 Å². The number of rotatable bonds is 2. The minimum atomic E-state index is -0.654. The van der Waals surface area contributed by atoms with E-state index >= 15 is 0 Å². The van der Waals surface area contributed by atoms with Gasteiger partial charge in [-0.15, -0.1) is 11.6 Å². The molecule has 5 nitrogen and oxygen atoms in total. The predicted molar refractivity (Wildman–Crippen MR) is 77.3 cm³/mol. The van der Waals surface area contributed by atoms with Gasteiger partial charge in [0, 0.05) is 12.5 Å². The van der Waals surface area contributed by atoms with Gasteiger partial charge in [0.25, 0.3) is 0 Å². The van der Waals surface area contributed by atoms with E-state index in [-0.39, 0.29) is 17.4 Å². The van der Waals surface area contributed by atoms with Crippen molar-refractivity contribution < 1.29 is 4.74 Å². The van der Waals surface area contributed by atoms with Crippen LogP contribution in [0.15, 0.2) is 27.8 Å². The second kappa shape index (κ2) is 5.07. The zero-order valence-electron chi connectivity index (χ0n) is 11.0. The first-order valence-electron chi connectivity index (χ1n) is 6.58. The average Bonchev–Trinajstić information content (AvgIpc) is 2.85. The zero-order chi connectivity index (χ0) is 14.3. The summed E-state index contributed by atoms with van der Waals surface area (Å²) in [7, 11) is 0. The summed E-state index contributed by atoms with van der Waals surface area (Å²) in [6.07, 6.45) is 1.05. The summed E-state index contributed by atoms with van der Waals surface area (Å²) in [6, 6.07) is 5.45. The zero-order valence-corrected chi connectivity index (χ0v) is 11.7. The summed E-state index contributed by atoms with van der Waals surface area (Å²) < 4.78 is 5.54. The van der Waals surface area contributed by atoms with Crippen molar-refractivity contribution in [3.63, 3.8) is 0 Å². The summed E-state index contributed by atoms with van der Waals surface area (Å²) in [5.41, 5.74) is 0.801. The molecule has 0 saturated carbocycles. The maximum Gasteiger partial charge on any atom is 0.314 e. The van der Waals surface area contributed by atoms with Crippen molar-refractivity contribution in [2.45, 2.75) is 24.8 Å². The van der Waals surface area contributed by atoms with Gasteiger partial charge in [0.05, 0.1) is 22.5 Å². The predicted octanol–water partition coefficient (Wildman–Crippen LogP) is 1.92. The smallest absolute Gasteiger partial charge is 0.314 e. The normalized spacial score (nSPS) is 24.1. The SMILES string of the molecule is CC1OCCC1C(Cl)c1ccc2[nH]c(=O)c(=O)[nH]c2c1. The molecule has 2 aromatic rings. The molecular weight excluding hydrogens is 280 g/mol. The lowest BCUT2D eigenvalue weighted by molar-refractivity contribution is 0.105. The molecule has 1 aromatic heterocycles. The fraction of sp³-hybridized carbons (Fsp3) is 0.429. The van der Waals surface area contributed by atoms with E-state index in [4.69, 9.17) is 16.3 Å². The van der Waals surface area contributed by atoms with E-state index < -0.39 is 11.1 Å². The first-order valence-corrected chi connectivity index (χ1v) is 7.02. The van der Waals surface area contributed by atoms with E-state index in [0.29, 0.717) is 11.0 Å². The van der Waals surface area contributed by atoms with Crippen molar-refractivity contribution in [1.29, 1.82) is 0 Å². The molecule has 1 aliphatic heterocycles. The Labute approximate surface area is 119 Å². The third-order valence-corrected chi connectivity index (χ3v) is 4.45. The Bertz CT molecular complexity index is 752.